The first kappa shape index (κ1) is 13.2. The Kier molecular flexibility index (Phi) is 3.21. The summed E-state index contributed by atoms with van der Waals surface area (Å²) in [6, 6.07) is 18.2. The zero-order valence-electron chi connectivity index (χ0n) is 11.7. The number of rotatable bonds is 3. The summed E-state index contributed by atoms with van der Waals surface area (Å²) in [6.45, 7) is 0.00892. The molecule has 4 rings (SSSR count). The number of fused-ring (bicyclic) bond motifs is 1. The third-order valence-electron chi connectivity index (χ3n) is 3.50. The van der Waals surface area contributed by atoms with E-state index in [4.69, 9.17) is 5.10 Å². The summed E-state index contributed by atoms with van der Waals surface area (Å²) in [5.74, 6) is 0. The van der Waals surface area contributed by atoms with Crippen molar-refractivity contribution in [1.82, 2.24) is 14.8 Å². The summed E-state index contributed by atoms with van der Waals surface area (Å²) >= 11 is 1.47. The maximum atomic E-state index is 9.24. The van der Waals surface area contributed by atoms with Crippen molar-refractivity contribution < 1.29 is 5.11 Å². The molecule has 0 unspecified atom stereocenters. The van der Waals surface area contributed by atoms with Crippen molar-refractivity contribution in [2.75, 3.05) is 0 Å². The second kappa shape index (κ2) is 5.36. The fourth-order valence-corrected chi connectivity index (χ4v) is 3.25. The Hall–Kier alpha value is -2.50. The molecule has 0 aliphatic heterocycles. The van der Waals surface area contributed by atoms with E-state index in [0.29, 0.717) is 0 Å². The fourth-order valence-electron chi connectivity index (χ4n) is 2.48. The average Bonchev–Trinajstić information content (AvgIpc) is 3.20. The number of hydrogen-bond donors (Lipinski definition) is 1. The number of thiazole rings is 1. The summed E-state index contributed by atoms with van der Waals surface area (Å²) in [4.78, 5) is 5.24. The normalized spacial score (nSPS) is 11.1. The number of benzene rings is 2. The number of nitrogens with zero attached hydrogens (tertiary/aromatic N) is 3. The van der Waals surface area contributed by atoms with Gasteiger partial charge in [-0.15, -0.1) is 11.3 Å². The quantitative estimate of drug-likeness (QED) is 0.628. The molecule has 0 radical (unpaired) electrons. The zero-order chi connectivity index (χ0) is 14.9. The van der Waals surface area contributed by atoms with Gasteiger partial charge in [0.05, 0.1) is 22.7 Å². The molecule has 4 aromatic rings. The smallest absolute Gasteiger partial charge is 0.144 e. The van der Waals surface area contributed by atoms with Crippen LogP contribution in [0.15, 0.2) is 60.8 Å². The molecule has 2 heterocycles. The van der Waals surface area contributed by atoms with E-state index in [-0.39, 0.29) is 6.61 Å². The van der Waals surface area contributed by atoms with Crippen molar-refractivity contribution in [3.63, 3.8) is 0 Å². The largest absolute Gasteiger partial charge is 0.391 e. The molecule has 2 aromatic carbocycles. The summed E-state index contributed by atoms with van der Waals surface area (Å²) in [5, 5.41) is 15.9. The molecule has 108 valence electrons. The molecule has 0 fully saturated rings. The topological polar surface area (TPSA) is 50.9 Å². The highest BCUT2D eigenvalue weighted by Crippen LogP contribution is 2.32. The average molecular weight is 307 g/mol. The fraction of sp³-hybridized carbons (Fsp3) is 0.0588. The van der Waals surface area contributed by atoms with Crippen molar-refractivity contribution in [2.45, 2.75) is 6.61 Å². The van der Waals surface area contributed by atoms with Gasteiger partial charge in [-0.25, -0.2) is 9.67 Å². The van der Waals surface area contributed by atoms with E-state index in [1.54, 1.807) is 6.20 Å². The third kappa shape index (κ3) is 2.11. The molecule has 22 heavy (non-hydrogen) atoms. The highest BCUT2D eigenvalue weighted by Gasteiger charge is 2.15. The van der Waals surface area contributed by atoms with Gasteiger partial charge in [-0.3, -0.25) is 0 Å². The minimum Gasteiger partial charge on any atom is -0.391 e. The lowest BCUT2D eigenvalue weighted by atomic mass is 10.2. The first-order chi connectivity index (χ1) is 10.9. The van der Waals surface area contributed by atoms with E-state index >= 15 is 0 Å². The van der Waals surface area contributed by atoms with Crippen LogP contribution in [0.1, 0.15) is 4.88 Å². The molecule has 0 aliphatic carbocycles. The Bertz CT molecular complexity index is 927. The van der Waals surface area contributed by atoms with Gasteiger partial charge < -0.3 is 5.11 Å². The van der Waals surface area contributed by atoms with Gasteiger partial charge in [0.2, 0.25) is 0 Å². The van der Waals surface area contributed by atoms with Crippen LogP contribution in [-0.4, -0.2) is 19.9 Å². The second-order valence-electron chi connectivity index (χ2n) is 4.90. The predicted octanol–water partition coefficient (Wildman–Crippen LogP) is 3.64. The lowest BCUT2D eigenvalue weighted by Crippen LogP contribution is -1.95. The summed E-state index contributed by atoms with van der Waals surface area (Å²) < 4.78 is 1.94. The maximum absolute atomic E-state index is 9.24. The van der Waals surface area contributed by atoms with Crippen LogP contribution < -0.4 is 0 Å². The van der Waals surface area contributed by atoms with Crippen molar-refractivity contribution in [2.24, 2.45) is 0 Å². The number of hydrogen-bond acceptors (Lipinski definition) is 4. The van der Waals surface area contributed by atoms with Crippen LogP contribution >= 0.6 is 11.3 Å². The maximum Gasteiger partial charge on any atom is 0.144 e. The Morgan fingerprint density at radius 3 is 2.55 bits per heavy atom. The number of para-hydroxylation sites is 2. The molecule has 2 aromatic heterocycles. The molecule has 0 saturated carbocycles. The molecule has 0 spiro atoms. The number of aromatic nitrogens is 3. The Labute approximate surface area is 131 Å². The summed E-state index contributed by atoms with van der Waals surface area (Å²) in [6.07, 6.45) is 1.70. The van der Waals surface area contributed by atoms with Crippen LogP contribution in [-0.2, 0) is 6.61 Å². The first-order valence-electron chi connectivity index (χ1n) is 6.96. The van der Waals surface area contributed by atoms with Crippen LogP contribution in [0.2, 0.25) is 0 Å². The van der Waals surface area contributed by atoms with Crippen molar-refractivity contribution in [3.8, 4) is 16.4 Å². The molecule has 5 heteroatoms. The van der Waals surface area contributed by atoms with Gasteiger partial charge in [0.1, 0.15) is 10.7 Å². The molecule has 0 bridgehead atoms. The third-order valence-corrected chi connectivity index (χ3v) is 4.49. The minimum atomic E-state index is 0.00892. The van der Waals surface area contributed by atoms with Gasteiger partial charge in [0, 0.05) is 11.6 Å². The van der Waals surface area contributed by atoms with Crippen molar-refractivity contribution in [1.29, 1.82) is 0 Å². The van der Waals surface area contributed by atoms with Crippen LogP contribution in [0.4, 0.5) is 0 Å². The van der Waals surface area contributed by atoms with E-state index in [9.17, 15) is 5.11 Å². The zero-order valence-corrected chi connectivity index (χ0v) is 12.5. The van der Waals surface area contributed by atoms with Gasteiger partial charge in [0.15, 0.2) is 0 Å². The number of aliphatic hydroxyl groups is 1. The standard InChI is InChI=1S/C17H13N3OS/c21-11-13-10-18-17(22-13)16-14-8-4-5-9-15(14)20(19-16)12-6-2-1-3-7-12/h1-10,21H,11H2. The van der Waals surface area contributed by atoms with Gasteiger partial charge in [-0.2, -0.15) is 5.10 Å². The number of aliphatic hydroxyl groups excluding tert-OH is 1. The Morgan fingerprint density at radius 1 is 1.00 bits per heavy atom. The van der Waals surface area contributed by atoms with Crippen LogP contribution in [0.25, 0.3) is 27.3 Å². The molecule has 0 saturated heterocycles. The van der Waals surface area contributed by atoms with Crippen LogP contribution in [0.5, 0.6) is 0 Å². The monoisotopic (exact) mass is 307 g/mol. The Morgan fingerprint density at radius 2 is 1.77 bits per heavy atom. The highest BCUT2D eigenvalue weighted by atomic mass is 32.1. The molecular formula is C17H13N3OS. The van der Waals surface area contributed by atoms with Gasteiger partial charge in [-0.05, 0) is 18.2 Å². The molecule has 1 N–H and O–H groups in total. The van der Waals surface area contributed by atoms with E-state index < -0.39 is 0 Å². The van der Waals surface area contributed by atoms with E-state index in [2.05, 4.69) is 17.1 Å². The van der Waals surface area contributed by atoms with E-state index in [1.807, 2.05) is 47.1 Å². The van der Waals surface area contributed by atoms with Gasteiger partial charge in [-0.1, -0.05) is 36.4 Å². The van der Waals surface area contributed by atoms with Gasteiger partial charge in [0.25, 0.3) is 0 Å². The minimum absolute atomic E-state index is 0.00892. The van der Waals surface area contributed by atoms with E-state index in [1.165, 1.54) is 11.3 Å². The predicted molar refractivity (Wildman–Crippen MR) is 88.1 cm³/mol. The molecule has 0 atom stereocenters. The van der Waals surface area contributed by atoms with E-state index in [0.717, 1.165) is 32.2 Å². The first-order valence-corrected chi connectivity index (χ1v) is 7.77. The molecular weight excluding hydrogens is 294 g/mol. The van der Waals surface area contributed by atoms with Crippen LogP contribution in [0, 0.1) is 0 Å². The lowest BCUT2D eigenvalue weighted by molar-refractivity contribution is 0.285. The molecule has 0 amide bonds. The molecule has 4 nitrogen and oxygen atoms in total. The van der Waals surface area contributed by atoms with Crippen LogP contribution in [0.3, 0.4) is 0 Å². The van der Waals surface area contributed by atoms with Crippen molar-refractivity contribution in [3.05, 3.63) is 65.7 Å². The highest BCUT2D eigenvalue weighted by molar-refractivity contribution is 7.15. The molecule has 0 aliphatic rings. The SMILES string of the molecule is OCc1cnc(-c2nn(-c3ccccc3)c3ccccc23)s1. The lowest BCUT2D eigenvalue weighted by Gasteiger charge is -2.01. The van der Waals surface area contributed by atoms with Gasteiger partial charge >= 0.3 is 0 Å². The van der Waals surface area contributed by atoms with Crippen molar-refractivity contribution >= 4 is 22.2 Å². The Balaban J connectivity index is 1.97. The summed E-state index contributed by atoms with van der Waals surface area (Å²) in [7, 11) is 0. The second-order valence-corrected chi connectivity index (χ2v) is 6.02. The summed E-state index contributed by atoms with van der Waals surface area (Å²) in [5.41, 5.74) is 2.91.